The summed E-state index contributed by atoms with van der Waals surface area (Å²) in [4.78, 5) is 37.5. The number of allylic oxidation sites excluding steroid dienone is 1. The van der Waals surface area contributed by atoms with Crippen LogP contribution in [-0.2, 0) is 14.3 Å². The van der Waals surface area contributed by atoms with Gasteiger partial charge in [0.15, 0.2) is 0 Å². The van der Waals surface area contributed by atoms with Crippen LogP contribution in [0.3, 0.4) is 0 Å². The number of amides is 2. The van der Waals surface area contributed by atoms with Gasteiger partial charge in [-0.05, 0) is 31.5 Å². The van der Waals surface area contributed by atoms with E-state index in [1.807, 2.05) is 6.92 Å². The number of nitrogens with zero attached hydrogens (tertiary/aromatic N) is 1. The molecule has 1 atom stereocenters. The Bertz CT molecular complexity index is 693. The maximum atomic E-state index is 12.3. The Hall–Kier alpha value is -2.83. The van der Waals surface area contributed by atoms with E-state index < -0.39 is 18.0 Å². The van der Waals surface area contributed by atoms with E-state index >= 15 is 0 Å². The number of carbonyl (C=O) groups is 3. The van der Waals surface area contributed by atoms with Crippen molar-refractivity contribution in [2.24, 2.45) is 0 Å². The lowest BCUT2D eigenvalue weighted by Crippen LogP contribution is -2.47. The van der Waals surface area contributed by atoms with Gasteiger partial charge in [-0.25, -0.2) is 14.4 Å². The predicted octanol–water partition coefficient (Wildman–Crippen LogP) is 2.01. The van der Waals surface area contributed by atoms with Crippen molar-refractivity contribution in [1.29, 1.82) is 0 Å². The van der Waals surface area contributed by atoms with Crippen molar-refractivity contribution in [3.05, 3.63) is 46.7 Å². The van der Waals surface area contributed by atoms with Gasteiger partial charge in [0.05, 0.1) is 31.4 Å². The minimum Gasteiger partial charge on any atom is -0.466 e. The molecule has 0 aliphatic carbocycles. The van der Waals surface area contributed by atoms with Crippen LogP contribution in [0.5, 0.6) is 0 Å². The molecule has 0 saturated carbocycles. The number of benzene rings is 1. The molecule has 1 aliphatic rings. The van der Waals surface area contributed by atoms with Crippen molar-refractivity contribution in [3.8, 4) is 0 Å². The third kappa shape index (κ3) is 3.10. The highest BCUT2D eigenvalue weighted by molar-refractivity contribution is 5.95. The molecule has 1 aromatic rings. The number of hydrogen-bond acceptors (Lipinski definition) is 5. The fourth-order valence-corrected chi connectivity index (χ4v) is 2.72. The van der Waals surface area contributed by atoms with Crippen molar-refractivity contribution in [3.63, 3.8) is 0 Å². The van der Waals surface area contributed by atoms with Gasteiger partial charge in [0.2, 0.25) is 0 Å². The molecule has 1 aliphatic heterocycles. The SMILES string of the molecule is CCN1C(=O)N[C@H](c2ccc(C(=O)OC)cc2)C(C(=O)OC)=C1C. The Morgan fingerprint density at radius 3 is 2.21 bits per heavy atom. The van der Waals surface area contributed by atoms with Gasteiger partial charge in [-0.3, -0.25) is 4.90 Å². The van der Waals surface area contributed by atoms with Crippen LogP contribution >= 0.6 is 0 Å². The Labute approximate surface area is 140 Å². The maximum Gasteiger partial charge on any atom is 0.337 e. The predicted molar refractivity (Wildman–Crippen MR) is 86.2 cm³/mol. The van der Waals surface area contributed by atoms with Crippen molar-refractivity contribution in [1.82, 2.24) is 10.2 Å². The first kappa shape index (κ1) is 17.5. The van der Waals surface area contributed by atoms with E-state index in [0.717, 1.165) is 0 Å². The van der Waals surface area contributed by atoms with Crippen molar-refractivity contribution >= 4 is 18.0 Å². The Balaban J connectivity index is 2.47. The molecule has 0 fully saturated rings. The number of esters is 2. The Morgan fingerprint density at radius 2 is 1.71 bits per heavy atom. The van der Waals surface area contributed by atoms with E-state index in [4.69, 9.17) is 4.74 Å². The molecule has 0 aromatic heterocycles. The second-order valence-electron chi connectivity index (χ2n) is 5.23. The molecule has 0 spiro atoms. The number of urea groups is 1. The van der Waals surface area contributed by atoms with E-state index in [1.165, 1.54) is 19.1 Å². The summed E-state index contributed by atoms with van der Waals surface area (Å²) in [6.07, 6.45) is 0. The third-order valence-corrected chi connectivity index (χ3v) is 3.98. The maximum absolute atomic E-state index is 12.3. The molecular weight excluding hydrogens is 312 g/mol. The van der Waals surface area contributed by atoms with Gasteiger partial charge in [-0.15, -0.1) is 0 Å². The van der Waals surface area contributed by atoms with Crippen LogP contribution in [0.15, 0.2) is 35.5 Å². The lowest BCUT2D eigenvalue weighted by molar-refractivity contribution is -0.136. The smallest absolute Gasteiger partial charge is 0.337 e. The minimum absolute atomic E-state index is 0.287. The number of carbonyl (C=O) groups excluding carboxylic acids is 3. The molecule has 7 heteroatoms. The number of ether oxygens (including phenoxy) is 2. The molecule has 1 aromatic carbocycles. The van der Waals surface area contributed by atoms with Crippen molar-refractivity contribution in [2.45, 2.75) is 19.9 Å². The standard InChI is InChI=1S/C17H20N2O5/c1-5-19-10(2)13(16(21)24-4)14(18-17(19)22)11-6-8-12(9-7-11)15(20)23-3/h6-9,14H,5H2,1-4H3,(H,18,22)/t14-/m1/s1. The zero-order chi connectivity index (χ0) is 17.9. The van der Waals surface area contributed by atoms with Crippen molar-refractivity contribution < 1.29 is 23.9 Å². The number of rotatable bonds is 4. The molecule has 0 saturated heterocycles. The van der Waals surface area contributed by atoms with E-state index in [1.54, 1.807) is 31.2 Å². The molecule has 0 unspecified atom stereocenters. The second-order valence-corrected chi connectivity index (χ2v) is 5.23. The van der Waals surface area contributed by atoms with Gasteiger partial charge >= 0.3 is 18.0 Å². The summed E-state index contributed by atoms with van der Waals surface area (Å²) in [6, 6.07) is 5.60. The average molecular weight is 332 g/mol. The van der Waals surface area contributed by atoms with Crippen LogP contribution in [0.1, 0.15) is 35.8 Å². The van der Waals surface area contributed by atoms with Crippen LogP contribution in [-0.4, -0.2) is 43.6 Å². The zero-order valence-corrected chi connectivity index (χ0v) is 14.1. The number of nitrogens with one attached hydrogen (secondary N) is 1. The number of hydrogen-bond donors (Lipinski definition) is 1. The molecular formula is C17H20N2O5. The molecule has 2 rings (SSSR count). The second kappa shape index (κ2) is 7.16. The summed E-state index contributed by atoms with van der Waals surface area (Å²) in [5.74, 6) is -0.959. The zero-order valence-electron chi connectivity index (χ0n) is 14.1. The van der Waals surface area contributed by atoms with E-state index in [2.05, 4.69) is 10.1 Å². The lowest BCUT2D eigenvalue weighted by atomic mass is 9.94. The average Bonchev–Trinajstić information content (AvgIpc) is 2.60. The molecule has 7 nitrogen and oxygen atoms in total. The minimum atomic E-state index is -0.639. The molecule has 0 radical (unpaired) electrons. The van der Waals surface area contributed by atoms with Crippen LogP contribution in [0.25, 0.3) is 0 Å². The summed E-state index contributed by atoms with van der Waals surface area (Å²) >= 11 is 0. The highest BCUT2D eigenvalue weighted by atomic mass is 16.5. The van der Waals surface area contributed by atoms with Crippen LogP contribution < -0.4 is 5.32 Å². The van der Waals surface area contributed by atoms with Crippen LogP contribution in [0, 0.1) is 0 Å². The molecule has 0 bridgehead atoms. The summed E-state index contributed by atoms with van der Waals surface area (Å²) in [5, 5.41) is 2.80. The molecule has 24 heavy (non-hydrogen) atoms. The lowest BCUT2D eigenvalue weighted by Gasteiger charge is -2.34. The topological polar surface area (TPSA) is 84.9 Å². The first-order valence-electron chi connectivity index (χ1n) is 7.50. The van der Waals surface area contributed by atoms with E-state index in [9.17, 15) is 14.4 Å². The summed E-state index contributed by atoms with van der Waals surface area (Å²) < 4.78 is 9.53. The Morgan fingerprint density at radius 1 is 1.12 bits per heavy atom. The van der Waals surface area contributed by atoms with Gasteiger partial charge in [0.25, 0.3) is 0 Å². The molecule has 2 amide bonds. The normalized spacial score (nSPS) is 17.4. The van der Waals surface area contributed by atoms with Gasteiger partial charge in [-0.2, -0.15) is 0 Å². The summed E-state index contributed by atoms with van der Waals surface area (Å²) in [5.41, 5.74) is 1.98. The highest BCUT2D eigenvalue weighted by Gasteiger charge is 2.35. The molecule has 128 valence electrons. The molecule has 1 N–H and O–H groups in total. The fraction of sp³-hybridized carbons (Fsp3) is 0.353. The largest absolute Gasteiger partial charge is 0.466 e. The third-order valence-electron chi connectivity index (χ3n) is 3.98. The first-order valence-corrected chi connectivity index (χ1v) is 7.50. The van der Waals surface area contributed by atoms with Crippen LogP contribution in [0.4, 0.5) is 4.79 Å². The first-order chi connectivity index (χ1) is 11.4. The quantitative estimate of drug-likeness (QED) is 0.853. The van der Waals surface area contributed by atoms with E-state index in [0.29, 0.717) is 28.9 Å². The van der Waals surface area contributed by atoms with Gasteiger partial charge in [0.1, 0.15) is 0 Å². The summed E-state index contributed by atoms with van der Waals surface area (Å²) in [6.45, 7) is 3.97. The van der Waals surface area contributed by atoms with Crippen LogP contribution in [0.2, 0.25) is 0 Å². The Kier molecular flexibility index (Phi) is 5.23. The van der Waals surface area contributed by atoms with Gasteiger partial charge < -0.3 is 14.8 Å². The summed E-state index contributed by atoms with van der Waals surface area (Å²) in [7, 11) is 2.60. The van der Waals surface area contributed by atoms with Gasteiger partial charge in [-0.1, -0.05) is 12.1 Å². The monoisotopic (exact) mass is 332 g/mol. The molecule has 1 heterocycles. The fourth-order valence-electron chi connectivity index (χ4n) is 2.72. The van der Waals surface area contributed by atoms with E-state index in [-0.39, 0.29) is 6.03 Å². The highest BCUT2D eigenvalue weighted by Crippen LogP contribution is 2.31. The van der Waals surface area contributed by atoms with Crippen molar-refractivity contribution in [2.75, 3.05) is 20.8 Å². The number of methoxy groups -OCH3 is 2. The van der Waals surface area contributed by atoms with Gasteiger partial charge in [0, 0.05) is 12.2 Å².